The van der Waals surface area contributed by atoms with Crippen molar-refractivity contribution in [1.29, 1.82) is 0 Å². The van der Waals surface area contributed by atoms with Crippen molar-refractivity contribution in [3.05, 3.63) is 70.8 Å². The second kappa shape index (κ2) is 7.49. The van der Waals surface area contributed by atoms with E-state index in [2.05, 4.69) is 10.6 Å². The average Bonchev–Trinajstić information content (AvgIpc) is 2.51. The van der Waals surface area contributed by atoms with Gasteiger partial charge in [-0.2, -0.15) is 0 Å². The standard InChI is InChI=1S/C17H16F2N2O2/c1-11-3-2-4-12(9-11)16(22)20-7-8-21-17(23)14-6-5-13(18)10-15(14)19/h2-6,9-10H,7-8H2,1H3,(H,20,22)(H,21,23). The average molecular weight is 318 g/mol. The smallest absolute Gasteiger partial charge is 0.254 e. The molecule has 0 atom stereocenters. The Labute approximate surface area is 132 Å². The number of amides is 2. The number of nitrogens with one attached hydrogen (secondary N) is 2. The molecule has 0 aliphatic heterocycles. The number of rotatable bonds is 5. The van der Waals surface area contributed by atoms with Gasteiger partial charge in [-0.1, -0.05) is 17.7 Å². The van der Waals surface area contributed by atoms with E-state index in [0.29, 0.717) is 11.6 Å². The Morgan fingerprint density at radius 1 is 0.957 bits per heavy atom. The van der Waals surface area contributed by atoms with Crippen molar-refractivity contribution in [2.45, 2.75) is 6.92 Å². The molecule has 0 aliphatic rings. The van der Waals surface area contributed by atoms with Gasteiger partial charge >= 0.3 is 0 Å². The Bertz CT molecular complexity index is 732. The SMILES string of the molecule is Cc1cccc(C(=O)NCCNC(=O)c2ccc(F)cc2F)c1. The molecule has 2 rings (SSSR count). The highest BCUT2D eigenvalue weighted by atomic mass is 19.1. The fraction of sp³-hybridized carbons (Fsp3) is 0.176. The molecule has 0 radical (unpaired) electrons. The third kappa shape index (κ3) is 4.60. The summed E-state index contributed by atoms with van der Waals surface area (Å²) in [6, 6.07) is 9.84. The van der Waals surface area contributed by atoms with Crippen LogP contribution in [0.15, 0.2) is 42.5 Å². The number of carbonyl (C=O) groups is 2. The van der Waals surface area contributed by atoms with Crippen molar-refractivity contribution in [1.82, 2.24) is 10.6 Å². The third-order valence-corrected chi connectivity index (χ3v) is 3.15. The largest absolute Gasteiger partial charge is 0.350 e. The molecule has 0 bridgehead atoms. The van der Waals surface area contributed by atoms with Crippen LogP contribution in [0.25, 0.3) is 0 Å². The lowest BCUT2D eigenvalue weighted by atomic mass is 10.1. The first-order chi connectivity index (χ1) is 11.0. The molecule has 6 heteroatoms. The molecular formula is C17H16F2N2O2. The van der Waals surface area contributed by atoms with E-state index in [9.17, 15) is 18.4 Å². The summed E-state index contributed by atoms with van der Waals surface area (Å²) in [6.07, 6.45) is 0. The molecule has 2 amide bonds. The van der Waals surface area contributed by atoms with Crippen LogP contribution in [0, 0.1) is 18.6 Å². The van der Waals surface area contributed by atoms with Gasteiger partial charge in [0.2, 0.25) is 0 Å². The van der Waals surface area contributed by atoms with Gasteiger partial charge in [0.1, 0.15) is 11.6 Å². The fourth-order valence-electron chi connectivity index (χ4n) is 2.01. The maximum absolute atomic E-state index is 13.4. The Kier molecular flexibility index (Phi) is 5.41. The summed E-state index contributed by atoms with van der Waals surface area (Å²) in [5.41, 5.74) is 1.26. The van der Waals surface area contributed by atoms with Gasteiger partial charge in [-0.25, -0.2) is 8.78 Å². The van der Waals surface area contributed by atoms with E-state index in [-0.39, 0.29) is 24.6 Å². The van der Waals surface area contributed by atoms with Crippen LogP contribution in [-0.4, -0.2) is 24.9 Å². The first kappa shape index (κ1) is 16.6. The van der Waals surface area contributed by atoms with Crippen molar-refractivity contribution in [2.75, 3.05) is 13.1 Å². The molecular weight excluding hydrogens is 302 g/mol. The van der Waals surface area contributed by atoms with Gasteiger partial charge in [0.15, 0.2) is 0 Å². The molecule has 0 spiro atoms. The first-order valence-electron chi connectivity index (χ1n) is 7.05. The minimum Gasteiger partial charge on any atom is -0.350 e. The molecule has 0 saturated carbocycles. The van der Waals surface area contributed by atoms with E-state index in [1.54, 1.807) is 18.2 Å². The summed E-state index contributed by atoms with van der Waals surface area (Å²) in [5, 5.41) is 5.11. The van der Waals surface area contributed by atoms with Crippen LogP contribution in [0.4, 0.5) is 8.78 Å². The Hall–Kier alpha value is -2.76. The van der Waals surface area contributed by atoms with Crippen molar-refractivity contribution in [3.8, 4) is 0 Å². The van der Waals surface area contributed by atoms with Gasteiger partial charge in [-0.05, 0) is 31.2 Å². The van der Waals surface area contributed by atoms with Crippen LogP contribution >= 0.6 is 0 Å². The number of hydrogen-bond donors (Lipinski definition) is 2. The van der Waals surface area contributed by atoms with E-state index in [0.717, 1.165) is 17.7 Å². The van der Waals surface area contributed by atoms with Gasteiger partial charge in [0, 0.05) is 24.7 Å². The van der Waals surface area contributed by atoms with Gasteiger partial charge in [-0.3, -0.25) is 9.59 Å². The van der Waals surface area contributed by atoms with Crippen molar-refractivity contribution >= 4 is 11.8 Å². The summed E-state index contributed by atoms with van der Waals surface area (Å²) in [5.74, 6) is -2.58. The highest BCUT2D eigenvalue weighted by Crippen LogP contribution is 2.09. The lowest BCUT2D eigenvalue weighted by Gasteiger charge is -2.08. The van der Waals surface area contributed by atoms with Crippen molar-refractivity contribution in [2.24, 2.45) is 0 Å². The van der Waals surface area contributed by atoms with E-state index in [1.807, 2.05) is 13.0 Å². The molecule has 2 aromatic carbocycles. The fourth-order valence-corrected chi connectivity index (χ4v) is 2.01. The number of halogens is 2. The Morgan fingerprint density at radius 2 is 1.65 bits per heavy atom. The molecule has 0 aromatic heterocycles. The van der Waals surface area contributed by atoms with Crippen LogP contribution in [0.1, 0.15) is 26.3 Å². The molecule has 4 nitrogen and oxygen atoms in total. The topological polar surface area (TPSA) is 58.2 Å². The van der Waals surface area contributed by atoms with E-state index < -0.39 is 17.5 Å². The van der Waals surface area contributed by atoms with E-state index in [4.69, 9.17) is 0 Å². The number of aryl methyl sites for hydroxylation is 1. The normalized spacial score (nSPS) is 10.2. The Morgan fingerprint density at radius 3 is 2.30 bits per heavy atom. The second-order valence-corrected chi connectivity index (χ2v) is 5.01. The third-order valence-electron chi connectivity index (χ3n) is 3.15. The molecule has 0 unspecified atom stereocenters. The highest BCUT2D eigenvalue weighted by molar-refractivity contribution is 5.95. The number of benzene rings is 2. The highest BCUT2D eigenvalue weighted by Gasteiger charge is 2.12. The molecule has 120 valence electrons. The number of carbonyl (C=O) groups excluding carboxylic acids is 2. The minimum absolute atomic E-state index is 0.132. The molecule has 23 heavy (non-hydrogen) atoms. The zero-order valence-electron chi connectivity index (χ0n) is 12.5. The van der Waals surface area contributed by atoms with Gasteiger partial charge in [0.05, 0.1) is 5.56 Å². The van der Waals surface area contributed by atoms with Crippen molar-refractivity contribution < 1.29 is 18.4 Å². The first-order valence-corrected chi connectivity index (χ1v) is 7.05. The maximum Gasteiger partial charge on any atom is 0.254 e. The molecule has 0 saturated heterocycles. The zero-order chi connectivity index (χ0) is 16.8. The van der Waals surface area contributed by atoms with Gasteiger partial charge in [-0.15, -0.1) is 0 Å². The molecule has 0 fully saturated rings. The van der Waals surface area contributed by atoms with Crippen LogP contribution in [0.3, 0.4) is 0 Å². The van der Waals surface area contributed by atoms with E-state index >= 15 is 0 Å². The monoisotopic (exact) mass is 318 g/mol. The zero-order valence-corrected chi connectivity index (χ0v) is 12.5. The molecule has 0 aliphatic carbocycles. The predicted molar refractivity (Wildman–Crippen MR) is 82.2 cm³/mol. The van der Waals surface area contributed by atoms with Crippen LogP contribution in [0.2, 0.25) is 0 Å². The van der Waals surface area contributed by atoms with Crippen LogP contribution in [0.5, 0.6) is 0 Å². The Balaban J connectivity index is 1.81. The minimum atomic E-state index is -0.925. The van der Waals surface area contributed by atoms with E-state index in [1.165, 1.54) is 0 Å². The second-order valence-electron chi connectivity index (χ2n) is 5.01. The van der Waals surface area contributed by atoms with Crippen LogP contribution in [-0.2, 0) is 0 Å². The predicted octanol–water partition coefficient (Wildman–Crippen LogP) is 2.43. The maximum atomic E-state index is 13.4. The summed E-state index contributed by atoms with van der Waals surface area (Å²) >= 11 is 0. The molecule has 2 aromatic rings. The summed E-state index contributed by atoms with van der Waals surface area (Å²) in [6.45, 7) is 2.21. The molecule has 0 heterocycles. The number of hydrogen-bond acceptors (Lipinski definition) is 2. The summed E-state index contributed by atoms with van der Waals surface area (Å²) in [7, 11) is 0. The molecule has 2 N–H and O–H groups in total. The van der Waals surface area contributed by atoms with Gasteiger partial charge in [0.25, 0.3) is 11.8 Å². The van der Waals surface area contributed by atoms with Gasteiger partial charge < -0.3 is 10.6 Å². The lowest BCUT2D eigenvalue weighted by Crippen LogP contribution is -2.35. The quantitative estimate of drug-likeness (QED) is 0.832. The van der Waals surface area contributed by atoms with Crippen LogP contribution < -0.4 is 10.6 Å². The summed E-state index contributed by atoms with van der Waals surface area (Å²) in [4.78, 5) is 23.6. The lowest BCUT2D eigenvalue weighted by molar-refractivity contribution is 0.0925. The van der Waals surface area contributed by atoms with Crippen molar-refractivity contribution in [3.63, 3.8) is 0 Å². The summed E-state index contributed by atoms with van der Waals surface area (Å²) < 4.78 is 26.2.